The van der Waals surface area contributed by atoms with Crippen molar-refractivity contribution in [3.05, 3.63) is 0 Å². The van der Waals surface area contributed by atoms with Gasteiger partial charge in [-0.3, -0.25) is 0 Å². The largest absolute Gasteiger partial charge is 0.316 e. The fraction of sp³-hybridized carbons (Fsp3) is 1.00. The summed E-state index contributed by atoms with van der Waals surface area (Å²) in [5.74, 6) is 3.85. The SMILES string of the molecule is CC(C)N1CC2CN(C)CC2C1.CC(C)N1CC2CNCC2C1. The maximum absolute atomic E-state index is 3.46. The van der Waals surface area contributed by atoms with Crippen molar-refractivity contribution in [3.8, 4) is 0 Å². The molecule has 4 nitrogen and oxygen atoms in total. The predicted octanol–water partition coefficient (Wildman–Crippen LogP) is 1.43. The monoisotopic (exact) mass is 322 g/mol. The number of fused-ring (bicyclic) bond motifs is 2. The maximum atomic E-state index is 3.46. The third-order valence-corrected chi connectivity index (χ3v) is 6.58. The quantitative estimate of drug-likeness (QED) is 0.830. The molecule has 23 heavy (non-hydrogen) atoms. The van der Waals surface area contributed by atoms with Crippen LogP contribution in [0.15, 0.2) is 0 Å². The lowest BCUT2D eigenvalue weighted by molar-refractivity contribution is 0.235. The molecule has 0 bridgehead atoms. The average Bonchev–Trinajstić information content (AvgIpc) is 3.15. The molecule has 0 aliphatic carbocycles. The molecule has 0 aromatic carbocycles. The summed E-state index contributed by atoms with van der Waals surface area (Å²) in [6.45, 7) is 19.7. The van der Waals surface area contributed by atoms with Crippen LogP contribution in [-0.4, -0.2) is 86.2 Å². The maximum Gasteiger partial charge on any atom is 0.00388 e. The Balaban J connectivity index is 0.000000136. The van der Waals surface area contributed by atoms with Crippen molar-refractivity contribution in [2.24, 2.45) is 23.7 Å². The second kappa shape index (κ2) is 7.38. The fourth-order valence-electron chi connectivity index (χ4n) is 5.00. The molecule has 4 fully saturated rings. The third kappa shape index (κ3) is 4.09. The van der Waals surface area contributed by atoms with E-state index >= 15 is 0 Å². The van der Waals surface area contributed by atoms with Crippen molar-refractivity contribution in [3.63, 3.8) is 0 Å². The van der Waals surface area contributed by atoms with Crippen LogP contribution in [0.5, 0.6) is 0 Å². The van der Waals surface area contributed by atoms with Gasteiger partial charge in [0.05, 0.1) is 0 Å². The van der Waals surface area contributed by atoms with Gasteiger partial charge in [-0.05, 0) is 71.5 Å². The Labute approximate surface area is 143 Å². The van der Waals surface area contributed by atoms with Crippen molar-refractivity contribution >= 4 is 0 Å². The summed E-state index contributed by atoms with van der Waals surface area (Å²) in [5, 5.41) is 3.46. The van der Waals surface area contributed by atoms with Gasteiger partial charge in [0.2, 0.25) is 0 Å². The Morgan fingerprint density at radius 3 is 1.43 bits per heavy atom. The molecule has 0 radical (unpaired) electrons. The molecule has 134 valence electrons. The second-order valence-electron chi connectivity index (χ2n) is 9.02. The molecule has 4 heteroatoms. The van der Waals surface area contributed by atoms with Gasteiger partial charge in [-0.25, -0.2) is 0 Å². The molecule has 4 atom stereocenters. The van der Waals surface area contributed by atoms with Gasteiger partial charge in [0, 0.05) is 51.4 Å². The zero-order valence-corrected chi connectivity index (χ0v) is 16.0. The predicted molar refractivity (Wildman–Crippen MR) is 97.7 cm³/mol. The molecule has 1 N–H and O–H groups in total. The molecule has 0 spiro atoms. The Kier molecular flexibility index (Phi) is 5.67. The van der Waals surface area contributed by atoms with Gasteiger partial charge >= 0.3 is 0 Å². The van der Waals surface area contributed by atoms with Gasteiger partial charge in [-0.1, -0.05) is 0 Å². The van der Waals surface area contributed by atoms with Crippen LogP contribution in [0.4, 0.5) is 0 Å². The molecular weight excluding hydrogens is 284 g/mol. The molecule has 4 aliphatic rings. The van der Waals surface area contributed by atoms with E-state index < -0.39 is 0 Å². The van der Waals surface area contributed by atoms with Crippen molar-refractivity contribution in [1.82, 2.24) is 20.0 Å². The molecule has 0 amide bonds. The topological polar surface area (TPSA) is 21.8 Å². The number of hydrogen-bond donors (Lipinski definition) is 1. The third-order valence-electron chi connectivity index (χ3n) is 6.58. The first-order valence-corrected chi connectivity index (χ1v) is 9.81. The highest BCUT2D eigenvalue weighted by molar-refractivity contribution is 4.93. The molecule has 4 saturated heterocycles. The Morgan fingerprint density at radius 1 is 0.652 bits per heavy atom. The number of nitrogens with zero attached hydrogens (tertiary/aromatic N) is 3. The lowest BCUT2D eigenvalue weighted by atomic mass is 10.0. The summed E-state index contributed by atoms with van der Waals surface area (Å²) >= 11 is 0. The zero-order valence-electron chi connectivity index (χ0n) is 16.0. The van der Waals surface area contributed by atoms with E-state index in [1.165, 1.54) is 52.4 Å². The number of nitrogens with one attached hydrogen (secondary N) is 1. The minimum atomic E-state index is 0.751. The molecule has 4 unspecified atom stereocenters. The van der Waals surface area contributed by atoms with E-state index in [9.17, 15) is 0 Å². The van der Waals surface area contributed by atoms with E-state index in [1.807, 2.05) is 0 Å². The summed E-state index contributed by atoms with van der Waals surface area (Å²) in [4.78, 5) is 7.71. The van der Waals surface area contributed by atoms with Gasteiger partial charge < -0.3 is 20.0 Å². The van der Waals surface area contributed by atoms with Crippen LogP contribution in [0, 0.1) is 23.7 Å². The lowest BCUT2D eigenvalue weighted by Crippen LogP contribution is -2.32. The van der Waals surface area contributed by atoms with Crippen LogP contribution in [0.25, 0.3) is 0 Å². The van der Waals surface area contributed by atoms with Crippen LogP contribution in [0.3, 0.4) is 0 Å². The molecule has 4 rings (SSSR count). The highest BCUT2D eigenvalue weighted by atomic mass is 15.2. The van der Waals surface area contributed by atoms with Gasteiger partial charge in [0.15, 0.2) is 0 Å². The van der Waals surface area contributed by atoms with Crippen molar-refractivity contribution in [2.45, 2.75) is 39.8 Å². The fourth-order valence-corrected chi connectivity index (χ4v) is 5.00. The Hall–Kier alpha value is -0.160. The molecule has 0 saturated carbocycles. The van der Waals surface area contributed by atoms with Crippen LogP contribution < -0.4 is 5.32 Å². The van der Waals surface area contributed by atoms with E-state index in [0.29, 0.717) is 0 Å². The standard InChI is InChI=1S/C10H20N2.C9H18N2/c1-8(2)12-6-9-4-11(3)5-10(9)7-12;1-7(2)11-5-8-3-10-4-9(8)6-11/h8-10H,4-7H2,1-3H3;7-10H,3-6H2,1-2H3. The van der Waals surface area contributed by atoms with Crippen molar-refractivity contribution < 1.29 is 0 Å². The van der Waals surface area contributed by atoms with Crippen LogP contribution in [0.2, 0.25) is 0 Å². The molecule has 4 heterocycles. The average molecular weight is 323 g/mol. The smallest absolute Gasteiger partial charge is 0.00388 e. The minimum Gasteiger partial charge on any atom is -0.316 e. The van der Waals surface area contributed by atoms with Gasteiger partial charge in [0.25, 0.3) is 0 Å². The number of hydrogen-bond acceptors (Lipinski definition) is 4. The zero-order chi connectivity index (χ0) is 16.6. The summed E-state index contributed by atoms with van der Waals surface area (Å²) < 4.78 is 0. The van der Waals surface area contributed by atoms with Crippen molar-refractivity contribution in [1.29, 1.82) is 0 Å². The summed E-state index contributed by atoms with van der Waals surface area (Å²) in [5.41, 5.74) is 0. The number of likely N-dealkylation sites (tertiary alicyclic amines) is 3. The molecule has 4 aliphatic heterocycles. The lowest BCUT2D eigenvalue weighted by Gasteiger charge is -2.22. The van der Waals surface area contributed by atoms with Gasteiger partial charge in [-0.2, -0.15) is 0 Å². The number of rotatable bonds is 2. The normalized spacial score (nSPS) is 38.2. The second-order valence-corrected chi connectivity index (χ2v) is 9.02. The first kappa shape index (κ1) is 17.7. The highest BCUT2D eigenvalue weighted by Gasteiger charge is 2.39. The van der Waals surface area contributed by atoms with E-state index in [1.54, 1.807) is 0 Å². The first-order chi connectivity index (χ1) is 10.9. The van der Waals surface area contributed by atoms with Crippen molar-refractivity contribution in [2.75, 3.05) is 59.4 Å². The Bertz CT molecular complexity index is 358. The minimum absolute atomic E-state index is 0.751. The van der Waals surface area contributed by atoms with E-state index in [-0.39, 0.29) is 0 Å². The van der Waals surface area contributed by atoms with E-state index in [4.69, 9.17) is 0 Å². The highest BCUT2D eigenvalue weighted by Crippen LogP contribution is 2.31. The van der Waals surface area contributed by atoms with Gasteiger partial charge in [0.1, 0.15) is 0 Å². The molecular formula is C19H38N4. The summed E-state index contributed by atoms with van der Waals surface area (Å²) in [7, 11) is 2.25. The molecule has 0 aromatic heterocycles. The van der Waals surface area contributed by atoms with Gasteiger partial charge in [-0.15, -0.1) is 0 Å². The summed E-state index contributed by atoms with van der Waals surface area (Å²) in [6.07, 6.45) is 0. The van der Waals surface area contributed by atoms with Crippen LogP contribution >= 0.6 is 0 Å². The molecule has 0 aromatic rings. The van der Waals surface area contributed by atoms with E-state index in [0.717, 1.165) is 35.8 Å². The Morgan fingerprint density at radius 2 is 1.04 bits per heavy atom. The first-order valence-electron chi connectivity index (χ1n) is 9.81. The van der Waals surface area contributed by atoms with Crippen LogP contribution in [0.1, 0.15) is 27.7 Å². The van der Waals surface area contributed by atoms with Crippen LogP contribution in [-0.2, 0) is 0 Å². The summed E-state index contributed by atoms with van der Waals surface area (Å²) in [6, 6.07) is 1.50. The van der Waals surface area contributed by atoms with E-state index in [2.05, 4.69) is 54.8 Å².